The Labute approximate surface area is 183 Å². The number of Topliss-reactive ketones (excluding diaryl/α,β-unsaturated/α-hetero) is 1. The number of allylic oxidation sites excluding steroid dienone is 1. The molecule has 0 bridgehead atoms. The van der Waals surface area contributed by atoms with Gasteiger partial charge in [0.15, 0.2) is 5.82 Å². The number of hydrogen-bond acceptors (Lipinski definition) is 5. The molecule has 0 saturated carbocycles. The maximum Gasteiger partial charge on any atom is 0.225 e. The molecule has 1 heterocycles. The third kappa shape index (κ3) is 5.22. The Morgan fingerprint density at radius 2 is 1.45 bits per heavy atom. The highest BCUT2D eigenvalue weighted by Gasteiger charge is 2.22. The van der Waals surface area contributed by atoms with Crippen LogP contribution < -0.4 is 9.47 Å². The molecule has 0 N–H and O–H groups in total. The van der Waals surface area contributed by atoms with E-state index in [1.165, 1.54) is 0 Å². The van der Waals surface area contributed by atoms with E-state index in [1.54, 1.807) is 38.3 Å². The van der Waals surface area contributed by atoms with E-state index in [2.05, 4.69) is 4.98 Å². The van der Waals surface area contributed by atoms with Crippen molar-refractivity contribution in [3.05, 3.63) is 83.4 Å². The number of imidazole rings is 1. The number of rotatable bonds is 10. The van der Waals surface area contributed by atoms with Gasteiger partial charge in [0.2, 0.25) is 5.78 Å². The molecule has 3 rings (SSSR count). The van der Waals surface area contributed by atoms with Gasteiger partial charge in [0.05, 0.1) is 14.2 Å². The maximum absolute atomic E-state index is 13.6. The monoisotopic (exact) mass is 420 g/mol. The number of carbonyl (C=O) groups is 1. The van der Waals surface area contributed by atoms with Crippen molar-refractivity contribution in [3.63, 3.8) is 0 Å². The van der Waals surface area contributed by atoms with Gasteiger partial charge in [0.1, 0.15) is 11.5 Å². The molecule has 0 aliphatic rings. The van der Waals surface area contributed by atoms with Gasteiger partial charge in [0, 0.05) is 38.7 Å². The molecule has 0 unspecified atom stereocenters. The van der Waals surface area contributed by atoms with Crippen LogP contribution >= 0.6 is 0 Å². The molecule has 3 aromatic rings. The lowest BCUT2D eigenvalue weighted by molar-refractivity contribution is 0.101. The molecule has 0 aliphatic heterocycles. The quantitative estimate of drug-likeness (QED) is 0.274. The van der Waals surface area contributed by atoms with Crippen molar-refractivity contribution < 1.29 is 19.0 Å². The molecule has 0 aliphatic carbocycles. The van der Waals surface area contributed by atoms with E-state index in [4.69, 9.17) is 14.2 Å². The van der Waals surface area contributed by atoms with Crippen molar-refractivity contribution in [2.45, 2.75) is 12.8 Å². The SMILES string of the molecule is COCCCC(C(=O)c1nccn1C)=C(c1ccc(OC)cc1)c1ccc(OC)cc1. The molecule has 6 nitrogen and oxygen atoms in total. The summed E-state index contributed by atoms with van der Waals surface area (Å²) >= 11 is 0. The Balaban J connectivity index is 2.21. The first-order chi connectivity index (χ1) is 15.1. The van der Waals surface area contributed by atoms with Crippen LogP contribution in [0.15, 0.2) is 66.5 Å². The molecular weight excluding hydrogens is 392 g/mol. The van der Waals surface area contributed by atoms with Gasteiger partial charge in [-0.3, -0.25) is 4.79 Å². The summed E-state index contributed by atoms with van der Waals surface area (Å²) < 4.78 is 17.6. The third-order valence-electron chi connectivity index (χ3n) is 5.13. The first-order valence-corrected chi connectivity index (χ1v) is 10.1. The second-order valence-electron chi connectivity index (χ2n) is 7.10. The van der Waals surface area contributed by atoms with Crippen LogP contribution in [-0.2, 0) is 11.8 Å². The smallest absolute Gasteiger partial charge is 0.225 e. The number of aryl methyl sites for hydroxylation is 1. The maximum atomic E-state index is 13.6. The van der Waals surface area contributed by atoms with Crippen molar-refractivity contribution in [1.29, 1.82) is 0 Å². The van der Waals surface area contributed by atoms with Crippen LogP contribution in [0.2, 0.25) is 0 Å². The van der Waals surface area contributed by atoms with Crippen LogP contribution in [0.25, 0.3) is 5.57 Å². The van der Waals surface area contributed by atoms with Crippen molar-refractivity contribution in [2.75, 3.05) is 27.9 Å². The number of benzene rings is 2. The van der Waals surface area contributed by atoms with Gasteiger partial charge in [-0.1, -0.05) is 24.3 Å². The van der Waals surface area contributed by atoms with Crippen LogP contribution in [0.5, 0.6) is 11.5 Å². The summed E-state index contributed by atoms with van der Waals surface area (Å²) in [6.45, 7) is 0.565. The Bertz CT molecular complexity index is 985. The predicted octanol–water partition coefficient (Wildman–Crippen LogP) is 4.55. The van der Waals surface area contributed by atoms with Gasteiger partial charge in [0.25, 0.3) is 0 Å². The third-order valence-corrected chi connectivity index (χ3v) is 5.13. The van der Waals surface area contributed by atoms with Gasteiger partial charge in [-0.15, -0.1) is 0 Å². The van der Waals surface area contributed by atoms with Gasteiger partial charge in [-0.2, -0.15) is 0 Å². The highest BCUT2D eigenvalue weighted by Crippen LogP contribution is 2.33. The van der Waals surface area contributed by atoms with Gasteiger partial charge < -0.3 is 18.8 Å². The van der Waals surface area contributed by atoms with Crippen LogP contribution in [0, 0.1) is 0 Å². The van der Waals surface area contributed by atoms with E-state index in [9.17, 15) is 4.79 Å². The van der Waals surface area contributed by atoms with Gasteiger partial charge >= 0.3 is 0 Å². The first-order valence-electron chi connectivity index (χ1n) is 10.1. The second-order valence-corrected chi connectivity index (χ2v) is 7.10. The molecule has 0 radical (unpaired) electrons. The number of ketones is 1. The zero-order chi connectivity index (χ0) is 22.2. The normalized spacial score (nSPS) is 10.6. The lowest BCUT2D eigenvalue weighted by Crippen LogP contribution is -2.13. The van der Waals surface area contributed by atoms with Gasteiger partial charge in [-0.05, 0) is 53.8 Å². The number of aromatic nitrogens is 2. The number of ether oxygens (including phenoxy) is 3. The number of methoxy groups -OCH3 is 3. The topological polar surface area (TPSA) is 62.6 Å². The van der Waals surface area contributed by atoms with Crippen molar-refractivity contribution >= 4 is 11.4 Å². The second kappa shape index (κ2) is 10.6. The molecule has 0 amide bonds. The van der Waals surface area contributed by atoms with Crippen LogP contribution in [0.1, 0.15) is 34.6 Å². The summed E-state index contributed by atoms with van der Waals surface area (Å²) in [6, 6.07) is 15.5. The standard InChI is InChI=1S/C25H28N2O4/c1-27-16-15-26-25(27)24(28)22(6-5-17-29-2)23(18-7-11-20(30-3)12-8-18)19-9-13-21(31-4)14-10-19/h7-16H,5-6,17H2,1-4H3. The summed E-state index contributed by atoms with van der Waals surface area (Å²) in [6.07, 6.45) is 4.70. The summed E-state index contributed by atoms with van der Waals surface area (Å²) in [5.74, 6) is 1.83. The molecule has 31 heavy (non-hydrogen) atoms. The number of nitrogens with zero attached hydrogens (tertiary/aromatic N) is 2. The summed E-state index contributed by atoms with van der Waals surface area (Å²) in [5, 5.41) is 0. The van der Waals surface area contributed by atoms with Crippen LogP contribution in [0.4, 0.5) is 0 Å². The molecule has 0 spiro atoms. The summed E-state index contributed by atoms with van der Waals surface area (Å²) in [5.41, 5.74) is 3.43. The summed E-state index contributed by atoms with van der Waals surface area (Å²) in [4.78, 5) is 17.9. The minimum absolute atomic E-state index is 0.0924. The van der Waals surface area contributed by atoms with Crippen molar-refractivity contribution in [2.24, 2.45) is 7.05 Å². The molecule has 2 aromatic carbocycles. The molecular formula is C25H28N2O4. The first kappa shape index (κ1) is 22.3. The van der Waals surface area contributed by atoms with Crippen molar-refractivity contribution in [3.8, 4) is 11.5 Å². The van der Waals surface area contributed by atoms with E-state index in [0.29, 0.717) is 24.4 Å². The lowest BCUT2D eigenvalue weighted by Gasteiger charge is -2.17. The molecule has 162 valence electrons. The van der Waals surface area contributed by atoms with Crippen molar-refractivity contribution in [1.82, 2.24) is 9.55 Å². The molecule has 6 heteroatoms. The van der Waals surface area contributed by atoms with E-state index in [1.807, 2.05) is 55.6 Å². The Morgan fingerprint density at radius 1 is 0.903 bits per heavy atom. The highest BCUT2D eigenvalue weighted by atomic mass is 16.5. The fourth-order valence-electron chi connectivity index (χ4n) is 3.50. The van der Waals surface area contributed by atoms with E-state index < -0.39 is 0 Å². The molecule has 0 atom stereocenters. The molecule has 1 aromatic heterocycles. The van der Waals surface area contributed by atoms with Gasteiger partial charge in [-0.25, -0.2) is 4.98 Å². The Morgan fingerprint density at radius 3 is 1.87 bits per heavy atom. The fourth-order valence-corrected chi connectivity index (χ4v) is 3.50. The lowest BCUT2D eigenvalue weighted by atomic mass is 9.88. The molecule has 0 saturated heterocycles. The minimum atomic E-state index is -0.0924. The highest BCUT2D eigenvalue weighted by molar-refractivity contribution is 6.13. The predicted molar refractivity (Wildman–Crippen MR) is 121 cm³/mol. The van der Waals surface area contributed by atoms with Crippen LogP contribution in [-0.4, -0.2) is 43.3 Å². The van der Waals surface area contributed by atoms with E-state index in [0.717, 1.165) is 34.6 Å². The molecule has 0 fully saturated rings. The van der Waals surface area contributed by atoms with E-state index in [-0.39, 0.29) is 5.78 Å². The summed E-state index contributed by atoms with van der Waals surface area (Å²) in [7, 11) is 6.76. The average molecular weight is 421 g/mol. The minimum Gasteiger partial charge on any atom is -0.497 e. The number of hydrogen-bond donors (Lipinski definition) is 0. The van der Waals surface area contributed by atoms with E-state index >= 15 is 0 Å². The van der Waals surface area contributed by atoms with Crippen LogP contribution in [0.3, 0.4) is 0 Å². The number of carbonyl (C=O) groups excluding carboxylic acids is 1. The fraction of sp³-hybridized carbons (Fsp3) is 0.280. The largest absolute Gasteiger partial charge is 0.497 e. The Kier molecular flexibility index (Phi) is 7.62. The average Bonchev–Trinajstić information content (AvgIpc) is 3.24. The zero-order valence-corrected chi connectivity index (χ0v) is 18.4. The zero-order valence-electron chi connectivity index (χ0n) is 18.4. The Hall–Kier alpha value is -3.38.